The van der Waals surface area contributed by atoms with Crippen LogP contribution in [0.1, 0.15) is 41.0 Å². The van der Waals surface area contributed by atoms with Gasteiger partial charge in [-0.25, -0.2) is 0 Å². The van der Waals surface area contributed by atoms with Crippen LogP contribution in [0.4, 0.5) is 22.7 Å². The molecule has 0 bridgehead atoms. The number of ether oxygens (including phenoxy) is 1. The minimum atomic E-state index is -0.968. The van der Waals surface area contributed by atoms with Crippen molar-refractivity contribution in [2.45, 2.75) is 44.6 Å². The number of nitro groups is 1. The third kappa shape index (κ3) is 7.15. The first-order valence-electron chi connectivity index (χ1n) is 14.5. The predicted octanol–water partition coefficient (Wildman–Crippen LogP) is 3.87. The maximum atomic E-state index is 13.9. The Morgan fingerprint density at radius 1 is 1.07 bits per heavy atom. The van der Waals surface area contributed by atoms with Crippen LogP contribution in [-0.2, 0) is 16.6 Å². The Morgan fingerprint density at radius 2 is 1.78 bits per heavy atom. The highest BCUT2D eigenvalue weighted by Crippen LogP contribution is 2.36. The zero-order valence-corrected chi connectivity index (χ0v) is 28.7. The fraction of sp³-hybridized carbons (Fsp3) is 0.414. The number of hydrogen-bond acceptors (Lipinski definition) is 10. The van der Waals surface area contributed by atoms with Gasteiger partial charge in [0.25, 0.3) is 17.5 Å². The lowest BCUT2D eigenvalue weighted by molar-refractivity contribution is -0.384. The van der Waals surface area contributed by atoms with Gasteiger partial charge >= 0.3 is 0 Å². The van der Waals surface area contributed by atoms with Gasteiger partial charge < -0.3 is 30.5 Å². The van der Waals surface area contributed by atoms with Crippen molar-refractivity contribution in [2.75, 3.05) is 42.6 Å². The third-order valence-electron chi connectivity index (χ3n) is 7.74. The number of carbonyl (C=O) groups is 3. The van der Waals surface area contributed by atoms with E-state index in [1.807, 2.05) is 13.8 Å². The molecule has 3 amide bonds. The van der Waals surface area contributed by atoms with Crippen LogP contribution in [-0.4, -0.2) is 98.2 Å². The van der Waals surface area contributed by atoms with Crippen LogP contribution in [0, 0.1) is 10.1 Å². The SMILES string of the molecule is CNc1cncc(C(=O)N2C[C@H](Nc3c(C(=O)N4C[C@@H](C)O[C@@H](C)C4)cc(Br)cc3[N+](=O)[O-])C[C@H]2C(=O)Nc2cn(C)nc2Br)c1. The van der Waals surface area contributed by atoms with E-state index >= 15 is 0 Å². The van der Waals surface area contributed by atoms with E-state index in [4.69, 9.17) is 4.74 Å². The molecule has 2 aliphatic rings. The number of nitrogens with zero attached hydrogens (tertiary/aromatic N) is 6. The number of likely N-dealkylation sites (tertiary alicyclic amines) is 1. The monoisotopic (exact) mass is 761 g/mol. The number of rotatable bonds is 8. The number of carbonyl (C=O) groups excluding carboxylic acids is 3. The highest BCUT2D eigenvalue weighted by Gasteiger charge is 2.42. The van der Waals surface area contributed by atoms with E-state index in [1.165, 1.54) is 21.8 Å². The average molecular weight is 763 g/mol. The van der Waals surface area contributed by atoms with Gasteiger partial charge in [-0.2, -0.15) is 5.10 Å². The molecule has 0 unspecified atom stereocenters. The fourth-order valence-electron chi connectivity index (χ4n) is 5.81. The Labute approximate surface area is 281 Å². The summed E-state index contributed by atoms with van der Waals surface area (Å²) in [6, 6.07) is 2.89. The van der Waals surface area contributed by atoms with Crippen LogP contribution in [0.3, 0.4) is 0 Å². The standard InChI is InChI=1S/C29H33Br2N9O6/c1-15-11-38(12-16(2)46-15)29(43)21-6-18(30)7-23(40(44)45)25(21)34-20-8-24(27(41)35-22-14-37(4)36-26(22)31)39(13-20)28(42)17-5-19(32-3)10-33-9-17/h5-7,9-10,14-16,20,24,32,34H,8,11-13H2,1-4H3,(H,35,41)/t15-,16+,20-,24+/m1/s1. The Bertz CT molecular complexity index is 1670. The van der Waals surface area contributed by atoms with Gasteiger partial charge in [0.2, 0.25) is 5.91 Å². The van der Waals surface area contributed by atoms with Crippen molar-refractivity contribution in [2.24, 2.45) is 7.05 Å². The molecule has 2 aromatic heterocycles. The van der Waals surface area contributed by atoms with Gasteiger partial charge in [-0.1, -0.05) is 15.9 Å². The van der Waals surface area contributed by atoms with Crippen LogP contribution < -0.4 is 16.0 Å². The minimum Gasteiger partial charge on any atom is -0.387 e. The number of benzene rings is 1. The molecule has 3 N–H and O–H groups in total. The summed E-state index contributed by atoms with van der Waals surface area (Å²) < 4.78 is 8.08. The molecule has 4 heterocycles. The lowest BCUT2D eigenvalue weighted by Crippen LogP contribution is -2.48. The summed E-state index contributed by atoms with van der Waals surface area (Å²) in [7, 11) is 3.40. The van der Waals surface area contributed by atoms with Crippen molar-refractivity contribution in [3.8, 4) is 0 Å². The minimum absolute atomic E-state index is 0.0114. The second-order valence-electron chi connectivity index (χ2n) is 11.3. The summed E-state index contributed by atoms with van der Waals surface area (Å²) in [6.07, 6.45) is 4.27. The molecule has 0 radical (unpaired) electrons. The molecule has 15 nitrogen and oxygen atoms in total. The van der Waals surface area contributed by atoms with Crippen LogP contribution in [0.2, 0.25) is 0 Å². The van der Waals surface area contributed by atoms with Crippen molar-refractivity contribution in [1.29, 1.82) is 0 Å². The second-order valence-corrected chi connectivity index (χ2v) is 13.0. The lowest BCUT2D eigenvalue weighted by Gasteiger charge is -2.35. The fourth-order valence-corrected chi connectivity index (χ4v) is 6.71. The van der Waals surface area contributed by atoms with Crippen molar-refractivity contribution in [3.63, 3.8) is 0 Å². The van der Waals surface area contributed by atoms with Gasteiger partial charge in [0.1, 0.15) is 11.7 Å². The van der Waals surface area contributed by atoms with Gasteiger partial charge in [0.05, 0.1) is 39.6 Å². The van der Waals surface area contributed by atoms with E-state index in [1.54, 1.807) is 43.5 Å². The summed E-state index contributed by atoms with van der Waals surface area (Å²) in [6.45, 7) is 4.38. The molecular formula is C29H33Br2N9O6. The smallest absolute Gasteiger partial charge is 0.294 e. The van der Waals surface area contributed by atoms with Gasteiger partial charge in [0, 0.05) is 68.9 Å². The molecule has 46 heavy (non-hydrogen) atoms. The molecule has 2 saturated heterocycles. The number of amides is 3. The number of hydrogen-bond donors (Lipinski definition) is 3. The van der Waals surface area contributed by atoms with Crippen LogP contribution in [0.5, 0.6) is 0 Å². The molecule has 5 rings (SSSR count). The third-order valence-corrected chi connectivity index (χ3v) is 8.79. The number of nitro benzene ring substituents is 1. The summed E-state index contributed by atoms with van der Waals surface area (Å²) in [5.74, 6) is -1.32. The molecule has 0 aliphatic carbocycles. The molecule has 244 valence electrons. The second kappa shape index (κ2) is 13.7. The normalized spacial score (nSPS) is 21.2. The van der Waals surface area contributed by atoms with Crippen molar-refractivity contribution in [1.82, 2.24) is 24.6 Å². The average Bonchev–Trinajstić information content (AvgIpc) is 3.57. The lowest BCUT2D eigenvalue weighted by atomic mass is 10.1. The number of nitrogens with one attached hydrogen (secondary N) is 3. The van der Waals surface area contributed by atoms with Gasteiger partial charge in [-0.3, -0.25) is 34.2 Å². The first-order chi connectivity index (χ1) is 21.8. The van der Waals surface area contributed by atoms with E-state index in [-0.39, 0.29) is 47.7 Å². The van der Waals surface area contributed by atoms with Crippen LogP contribution in [0.25, 0.3) is 0 Å². The first kappa shape index (κ1) is 33.3. The topological polar surface area (TPSA) is 177 Å². The number of pyridine rings is 1. The Kier molecular flexibility index (Phi) is 9.93. The van der Waals surface area contributed by atoms with Crippen LogP contribution >= 0.6 is 31.9 Å². The van der Waals surface area contributed by atoms with Gasteiger partial charge in [-0.05, 0) is 48.3 Å². The molecule has 1 aromatic carbocycles. The molecule has 0 spiro atoms. The van der Waals surface area contributed by atoms with E-state index in [0.29, 0.717) is 33.5 Å². The summed E-state index contributed by atoms with van der Waals surface area (Å²) in [5, 5.41) is 25.4. The molecule has 17 heteroatoms. The quantitative estimate of drug-likeness (QED) is 0.226. The molecule has 2 fully saturated rings. The van der Waals surface area contributed by atoms with E-state index in [2.05, 4.69) is 57.9 Å². The highest BCUT2D eigenvalue weighted by molar-refractivity contribution is 9.10. The molecule has 0 saturated carbocycles. The zero-order chi connectivity index (χ0) is 33.3. The van der Waals surface area contributed by atoms with Gasteiger partial charge in [0.15, 0.2) is 4.60 Å². The van der Waals surface area contributed by atoms with Crippen molar-refractivity contribution < 1.29 is 24.0 Å². The zero-order valence-electron chi connectivity index (χ0n) is 25.5. The number of anilines is 3. The maximum Gasteiger partial charge on any atom is 0.294 e. The number of aryl methyl sites for hydroxylation is 1. The molecule has 3 aromatic rings. The number of aromatic nitrogens is 3. The Hall–Kier alpha value is -4.09. The number of halogens is 2. The van der Waals surface area contributed by atoms with Crippen LogP contribution in [0.15, 0.2) is 45.9 Å². The molecular weight excluding hydrogens is 730 g/mol. The van der Waals surface area contributed by atoms with E-state index in [0.717, 1.165) is 0 Å². The highest BCUT2D eigenvalue weighted by atomic mass is 79.9. The largest absolute Gasteiger partial charge is 0.387 e. The number of morpholine rings is 1. The Balaban J connectivity index is 1.49. The van der Waals surface area contributed by atoms with Gasteiger partial charge in [-0.15, -0.1) is 0 Å². The summed E-state index contributed by atoms with van der Waals surface area (Å²) >= 11 is 6.65. The summed E-state index contributed by atoms with van der Waals surface area (Å²) in [5.41, 5.74) is 1.08. The predicted molar refractivity (Wildman–Crippen MR) is 177 cm³/mol. The summed E-state index contributed by atoms with van der Waals surface area (Å²) in [4.78, 5) is 60.3. The maximum absolute atomic E-state index is 13.9. The molecule has 4 atom stereocenters. The van der Waals surface area contributed by atoms with Crippen molar-refractivity contribution >= 4 is 72.3 Å². The Morgan fingerprint density at radius 3 is 2.41 bits per heavy atom. The van der Waals surface area contributed by atoms with Crippen molar-refractivity contribution in [3.05, 3.63) is 67.1 Å². The van der Waals surface area contributed by atoms with E-state index in [9.17, 15) is 24.5 Å². The molecule has 2 aliphatic heterocycles. The first-order valence-corrected chi connectivity index (χ1v) is 16.1. The van der Waals surface area contributed by atoms with E-state index < -0.39 is 34.7 Å².